The molecule has 1 aromatic carbocycles. The Labute approximate surface area is 242 Å². The van der Waals surface area contributed by atoms with Crippen molar-refractivity contribution in [3.8, 4) is 6.07 Å². The molecule has 1 fully saturated rings. The summed E-state index contributed by atoms with van der Waals surface area (Å²) in [5.41, 5.74) is 12.1. The maximum absolute atomic E-state index is 12.9. The first-order chi connectivity index (χ1) is 19.8. The molecule has 6 N–H and O–H groups in total. The second-order valence-corrected chi connectivity index (χ2v) is 10.8. The zero-order valence-electron chi connectivity index (χ0n) is 24.1. The maximum atomic E-state index is 12.9. The number of allylic oxidation sites excluding steroid dienone is 4. The van der Waals surface area contributed by atoms with Crippen molar-refractivity contribution in [3.05, 3.63) is 82.1 Å². The van der Waals surface area contributed by atoms with Gasteiger partial charge in [-0.2, -0.15) is 5.26 Å². The zero-order valence-corrected chi connectivity index (χ0v) is 24.1. The summed E-state index contributed by atoms with van der Waals surface area (Å²) in [6, 6.07) is 7.52. The van der Waals surface area contributed by atoms with Crippen molar-refractivity contribution in [1.29, 1.82) is 10.7 Å². The van der Waals surface area contributed by atoms with E-state index in [9.17, 15) is 14.9 Å². The number of likely N-dealkylation sites (N-methyl/N-ethyl adjacent to an activating group) is 1. The number of aryl methyl sites for hydroxylation is 1. The summed E-state index contributed by atoms with van der Waals surface area (Å²) < 4.78 is 0. The predicted octanol–water partition coefficient (Wildman–Crippen LogP) is 2.97. The first-order valence-corrected chi connectivity index (χ1v) is 14.4. The van der Waals surface area contributed by atoms with Gasteiger partial charge in [0.15, 0.2) is 0 Å². The Balaban J connectivity index is 1.69. The largest absolute Gasteiger partial charge is 0.387 e. The Morgan fingerprint density at radius 1 is 1.29 bits per heavy atom. The number of carbonyl (C=O) groups is 2. The average Bonchev–Trinajstić information content (AvgIpc) is 3.29. The minimum Gasteiger partial charge on any atom is -0.387 e. The molecule has 41 heavy (non-hydrogen) atoms. The molecule has 0 radical (unpaired) electrons. The number of fused-ring (bicyclic) bond motifs is 1. The summed E-state index contributed by atoms with van der Waals surface area (Å²) in [5.74, 6) is -0.226. The number of nitrogens with zero attached hydrogens (tertiary/aromatic N) is 2. The fourth-order valence-electron chi connectivity index (χ4n) is 6.32. The van der Waals surface area contributed by atoms with E-state index in [0.717, 1.165) is 53.8 Å². The van der Waals surface area contributed by atoms with Gasteiger partial charge in [0.05, 0.1) is 18.0 Å². The molecule has 216 valence electrons. The molecule has 9 nitrogen and oxygen atoms in total. The van der Waals surface area contributed by atoms with E-state index in [0.29, 0.717) is 37.9 Å². The molecule has 0 aromatic heterocycles. The molecule has 3 aliphatic rings. The monoisotopic (exact) mass is 555 g/mol. The van der Waals surface area contributed by atoms with Gasteiger partial charge in [0, 0.05) is 31.4 Å². The SMILES string of the molecule is C=C(NCC)C1=CCC2=C(C=C1)C(CCNCC(=O)N1CCCC1C#N)(C(=N)N)c1ccc(C(=O)NC)cc1CC2. The lowest BCUT2D eigenvalue weighted by Gasteiger charge is -2.37. The van der Waals surface area contributed by atoms with Crippen molar-refractivity contribution in [3.63, 3.8) is 0 Å². The highest BCUT2D eigenvalue weighted by Gasteiger charge is 2.43. The number of carbonyl (C=O) groups excluding carboxylic acids is 2. The van der Waals surface area contributed by atoms with Crippen LogP contribution >= 0.6 is 0 Å². The van der Waals surface area contributed by atoms with Crippen molar-refractivity contribution in [2.24, 2.45) is 5.73 Å². The van der Waals surface area contributed by atoms with Gasteiger partial charge < -0.3 is 26.6 Å². The normalized spacial score (nSPS) is 21.5. The molecular weight excluding hydrogens is 514 g/mol. The Morgan fingerprint density at radius 3 is 2.80 bits per heavy atom. The molecule has 9 heteroatoms. The summed E-state index contributed by atoms with van der Waals surface area (Å²) in [5, 5.41) is 27.6. The van der Waals surface area contributed by atoms with Gasteiger partial charge >= 0.3 is 0 Å². The van der Waals surface area contributed by atoms with Crippen LogP contribution in [0.5, 0.6) is 0 Å². The summed E-state index contributed by atoms with van der Waals surface area (Å²) in [6.07, 6.45) is 10.5. The minimum atomic E-state index is -0.944. The van der Waals surface area contributed by atoms with Gasteiger partial charge in [0.2, 0.25) is 5.91 Å². The van der Waals surface area contributed by atoms with Gasteiger partial charge in [0.1, 0.15) is 11.9 Å². The van der Waals surface area contributed by atoms with E-state index in [4.69, 9.17) is 11.1 Å². The summed E-state index contributed by atoms with van der Waals surface area (Å²) in [4.78, 5) is 27.0. The molecule has 2 amide bonds. The number of nitrogens with one attached hydrogen (secondary N) is 4. The molecule has 1 heterocycles. The van der Waals surface area contributed by atoms with Crippen LogP contribution in [-0.4, -0.2) is 61.8 Å². The van der Waals surface area contributed by atoms with Gasteiger partial charge in [0.25, 0.3) is 5.91 Å². The van der Waals surface area contributed by atoms with Crippen LogP contribution in [0.15, 0.2) is 65.4 Å². The lowest BCUT2D eigenvalue weighted by Crippen LogP contribution is -2.46. The van der Waals surface area contributed by atoms with E-state index < -0.39 is 5.41 Å². The van der Waals surface area contributed by atoms with E-state index in [1.165, 1.54) is 5.57 Å². The van der Waals surface area contributed by atoms with Crippen molar-refractivity contribution in [2.75, 3.05) is 33.2 Å². The third kappa shape index (κ3) is 5.98. The van der Waals surface area contributed by atoms with E-state index in [1.54, 1.807) is 18.0 Å². The molecule has 1 aliphatic heterocycles. The fraction of sp³-hybridized carbons (Fsp3) is 0.438. The van der Waals surface area contributed by atoms with Gasteiger partial charge in [-0.05, 0) is 86.4 Å². The third-order valence-corrected chi connectivity index (χ3v) is 8.46. The highest BCUT2D eigenvalue weighted by atomic mass is 16.2. The van der Waals surface area contributed by atoms with Gasteiger partial charge in [-0.3, -0.25) is 15.0 Å². The van der Waals surface area contributed by atoms with E-state index in [-0.39, 0.29) is 30.2 Å². The highest BCUT2D eigenvalue weighted by molar-refractivity contribution is 5.97. The van der Waals surface area contributed by atoms with Crippen LogP contribution in [0.3, 0.4) is 0 Å². The van der Waals surface area contributed by atoms with E-state index in [2.05, 4.69) is 40.8 Å². The Hall–Kier alpha value is -4.16. The van der Waals surface area contributed by atoms with Gasteiger partial charge in [-0.15, -0.1) is 0 Å². The number of hydrogen-bond acceptors (Lipinski definition) is 6. The summed E-state index contributed by atoms with van der Waals surface area (Å²) in [6.45, 7) is 8.14. The second-order valence-electron chi connectivity index (χ2n) is 10.8. The summed E-state index contributed by atoms with van der Waals surface area (Å²) >= 11 is 0. The zero-order chi connectivity index (χ0) is 29.6. The van der Waals surface area contributed by atoms with E-state index in [1.807, 2.05) is 25.1 Å². The van der Waals surface area contributed by atoms with Gasteiger partial charge in [-0.1, -0.05) is 36.4 Å². The molecule has 4 rings (SSSR count). The third-order valence-electron chi connectivity index (χ3n) is 8.46. The van der Waals surface area contributed by atoms with Crippen molar-refractivity contribution in [2.45, 2.75) is 56.9 Å². The van der Waals surface area contributed by atoms with Crippen LogP contribution in [0, 0.1) is 16.7 Å². The lowest BCUT2D eigenvalue weighted by molar-refractivity contribution is -0.130. The molecule has 2 aliphatic carbocycles. The second kappa shape index (κ2) is 13.0. The van der Waals surface area contributed by atoms with Crippen molar-refractivity contribution < 1.29 is 9.59 Å². The summed E-state index contributed by atoms with van der Waals surface area (Å²) in [7, 11) is 1.61. The Morgan fingerprint density at radius 2 is 2.10 bits per heavy atom. The average molecular weight is 556 g/mol. The van der Waals surface area contributed by atoms with Crippen LogP contribution in [0.2, 0.25) is 0 Å². The van der Waals surface area contributed by atoms with Crippen molar-refractivity contribution >= 4 is 17.6 Å². The van der Waals surface area contributed by atoms with Crippen LogP contribution in [0.4, 0.5) is 0 Å². The Kier molecular flexibility index (Phi) is 9.46. The molecule has 2 atom stereocenters. The number of amidine groups is 1. The van der Waals surface area contributed by atoms with Crippen LogP contribution in [0.25, 0.3) is 0 Å². The van der Waals surface area contributed by atoms with Crippen LogP contribution < -0.4 is 21.7 Å². The minimum absolute atomic E-state index is 0.0247. The van der Waals surface area contributed by atoms with Crippen molar-refractivity contribution in [1.82, 2.24) is 20.9 Å². The molecule has 0 bridgehead atoms. The lowest BCUT2D eigenvalue weighted by atomic mass is 9.68. The van der Waals surface area contributed by atoms with Crippen LogP contribution in [0.1, 0.15) is 60.5 Å². The number of amides is 2. The first kappa shape index (κ1) is 29.8. The standard InChI is InChI=1S/C32H41N7O2/c1-4-38-21(2)22-7-8-23-9-10-24-18-25(30(41)36-3)12-14-28(24)32(31(34)35,27(23)13-11-22)15-16-37-20-29(40)39-17-5-6-26(39)19-33/h7,11-14,18,26,37-38H,2,4-6,8-10,15-17,20H2,1,3H3,(H3,34,35)(H,36,41). The van der Waals surface area contributed by atoms with E-state index >= 15 is 0 Å². The number of rotatable bonds is 10. The van der Waals surface area contributed by atoms with Crippen LogP contribution in [-0.2, 0) is 16.6 Å². The smallest absolute Gasteiger partial charge is 0.251 e. The molecular formula is C32H41N7O2. The number of hydrogen-bond donors (Lipinski definition) is 5. The number of likely N-dealkylation sites (tertiary alicyclic amines) is 1. The number of benzene rings is 1. The maximum Gasteiger partial charge on any atom is 0.251 e. The fourth-order valence-corrected chi connectivity index (χ4v) is 6.32. The predicted molar refractivity (Wildman–Crippen MR) is 161 cm³/mol. The Bertz CT molecular complexity index is 1370. The molecule has 2 unspecified atom stereocenters. The number of nitrogens with two attached hydrogens (primary N) is 1. The molecule has 1 aromatic rings. The highest BCUT2D eigenvalue weighted by Crippen LogP contribution is 2.45. The molecule has 0 saturated carbocycles. The quantitative estimate of drug-likeness (QED) is 0.170. The molecule has 0 spiro atoms. The van der Waals surface area contributed by atoms with Gasteiger partial charge in [-0.25, -0.2) is 0 Å². The number of nitriles is 1. The molecule has 1 saturated heterocycles. The first-order valence-electron chi connectivity index (χ1n) is 14.4. The topological polar surface area (TPSA) is 147 Å².